The molecule has 2 saturated heterocycles. The van der Waals surface area contributed by atoms with Gasteiger partial charge in [0.05, 0.1) is 0 Å². The molecule has 10 heteroatoms. The zero-order valence-corrected chi connectivity index (χ0v) is 17.5. The maximum absolute atomic E-state index is 12.5. The molecular weight excluding hydrogens is 392 g/mol. The number of rotatable bonds is 11. The number of carbonyl (C=O) groups is 6. The van der Waals surface area contributed by atoms with Gasteiger partial charge in [-0.15, -0.1) is 0 Å². The van der Waals surface area contributed by atoms with Gasteiger partial charge < -0.3 is 0 Å². The SMILES string of the molecule is CCCCC1(CCCCC2(CCCC)C(=O)NC(=O)NC2=O)C(=O)NC(=O)NC1=O. The lowest BCUT2D eigenvalue weighted by atomic mass is 9.72. The van der Waals surface area contributed by atoms with Crippen LogP contribution in [0.25, 0.3) is 0 Å². The number of hydrogen-bond acceptors (Lipinski definition) is 6. The summed E-state index contributed by atoms with van der Waals surface area (Å²) in [5.41, 5.74) is -2.68. The fraction of sp³-hybridized carbons (Fsp3) is 0.700. The monoisotopic (exact) mass is 422 g/mol. The predicted octanol–water partition coefficient (Wildman–Crippen LogP) is 1.63. The molecule has 2 aliphatic rings. The van der Waals surface area contributed by atoms with Crippen LogP contribution in [0, 0.1) is 10.8 Å². The number of carbonyl (C=O) groups excluding carboxylic acids is 6. The Morgan fingerprint density at radius 3 is 1.03 bits per heavy atom. The number of amides is 8. The molecule has 2 rings (SSSR count). The Balaban J connectivity index is 2.09. The number of urea groups is 2. The fourth-order valence-corrected chi connectivity index (χ4v) is 4.13. The van der Waals surface area contributed by atoms with Crippen molar-refractivity contribution in [3.63, 3.8) is 0 Å². The summed E-state index contributed by atoms with van der Waals surface area (Å²) in [5, 5.41) is 8.71. The van der Waals surface area contributed by atoms with Crippen molar-refractivity contribution in [2.75, 3.05) is 0 Å². The molecule has 2 aliphatic heterocycles. The van der Waals surface area contributed by atoms with Crippen LogP contribution in [0.2, 0.25) is 0 Å². The lowest BCUT2D eigenvalue weighted by Crippen LogP contribution is -2.62. The molecule has 4 N–H and O–H groups in total. The minimum absolute atomic E-state index is 0.198. The van der Waals surface area contributed by atoms with E-state index in [1.165, 1.54) is 0 Å². The Kier molecular flexibility index (Phi) is 7.69. The Hall–Kier alpha value is -2.78. The van der Waals surface area contributed by atoms with E-state index in [0.29, 0.717) is 38.5 Å². The Morgan fingerprint density at radius 1 is 0.500 bits per heavy atom. The van der Waals surface area contributed by atoms with Crippen LogP contribution >= 0.6 is 0 Å². The minimum atomic E-state index is -1.34. The highest BCUT2D eigenvalue weighted by Crippen LogP contribution is 2.37. The van der Waals surface area contributed by atoms with Crippen LogP contribution in [0.4, 0.5) is 9.59 Å². The summed E-state index contributed by atoms with van der Waals surface area (Å²) >= 11 is 0. The number of hydrogen-bond donors (Lipinski definition) is 4. The summed E-state index contributed by atoms with van der Waals surface area (Å²) in [6, 6.07) is -1.65. The van der Waals surface area contributed by atoms with Crippen molar-refractivity contribution in [1.82, 2.24) is 21.3 Å². The number of imide groups is 4. The lowest BCUT2D eigenvalue weighted by molar-refractivity contribution is -0.148. The molecule has 2 heterocycles. The molecule has 0 aliphatic carbocycles. The first-order chi connectivity index (χ1) is 14.2. The van der Waals surface area contributed by atoms with E-state index in [-0.39, 0.29) is 12.8 Å². The smallest absolute Gasteiger partial charge is 0.277 e. The quantitative estimate of drug-likeness (QED) is 0.293. The maximum atomic E-state index is 12.5. The third kappa shape index (κ3) is 4.68. The van der Waals surface area contributed by atoms with Gasteiger partial charge in [-0.25, -0.2) is 9.59 Å². The highest BCUT2D eigenvalue weighted by Gasteiger charge is 2.51. The van der Waals surface area contributed by atoms with Crippen LogP contribution in [0.5, 0.6) is 0 Å². The van der Waals surface area contributed by atoms with Gasteiger partial charge in [-0.3, -0.25) is 40.4 Å². The van der Waals surface area contributed by atoms with Crippen LogP contribution in [0.15, 0.2) is 0 Å². The second-order valence-corrected chi connectivity index (χ2v) is 8.05. The van der Waals surface area contributed by atoms with Crippen molar-refractivity contribution in [3.8, 4) is 0 Å². The summed E-state index contributed by atoms with van der Waals surface area (Å²) in [5.74, 6) is -2.43. The van der Waals surface area contributed by atoms with Gasteiger partial charge in [0, 0.05) is 0 Å². The van der Waals surface area contributed by atoms with Crippen LogP contribution in [-0.4, -0.2) is 35.7 Å². The number of barbiturate groups is 2. The molecule has 0 radical (unpaired) electrons. The Labute approximate surface area is 175 Å². The average Bonchev–Trinajstić information content (AvgIpc) is 2.67. The Morgan fingerprint density at radius 2 is 0.767 bits per heavy atom. The van der Waals surface area contributed by atoms with E-state index < -0.39 is 46.5 Å². The summed E-state index contributed by atoms with van der Waals surface area (Å²) in [7, 11) is 0. The predicted molar refractivity (Wildman–Crippen MR) is 106 cm³/mol. The summed E-state index contributed by atoms with van der Waals surface area (Å²) in [6.07, 6.45) is 4.67. The van der Waals surface area contributed by atoms with Crippen molar-refractivity contribution in [1.29, 1.82) is 0 Å². The summed E-state index contributed by atoms with van der Waals surface area (Å²) in [4.78, 5) is 73.0. The van der Waals surface area contributed by atoms with Crippen molar-refractivity contribution in [3.05, 3.63) is 0 Å². The third-order valence-corrected chi connectivity index (χ3v) is 6.02. The lowest BCUT2D eigenvalue weighted by Gasteiger charge is -2.35. The van der Waals surface area contributed by atoms with E-state index in [1.807, 2.05) is 13.8 Å². The number of nitrogens with one attached hydrogen (secondary N) is 4. The molecule has 8 amide bonds. The van der Waals surface area contributed by atoms with E-state index in [9.17, 15) is 28.8 Å². The van der Waals surface area contributed by atoms with Crippen LogP contribution < -0.4 is 21.3 Å². The van der Waals surface area contributed by atoms with E-state index in [0.717, 1.165) is 12.8 Å². The second-order valence-electron chi connectivity index (χ2n) is 8.05. The van der Waals surface area contributed by atoms with Crippen molar-refractivity contribution in [2.24, 2.45) is 10.8 Å². The van der Waals surface area contributed by atoms with Gasteiger partial charge >= 0.3 is 12.1 Å². The molecule has 0 saturated carbocycles. The van der Waals surface area contributed by atoms with Gasteiger partial charge in [-0.1, -0.05) is 52.4 Å². The van der Waals surface area contributed by atoms with Gasteiger partial charge in [0.25, 0.3) is 0 Å². The van der Waals surface area contributed by atoms with Crippen molar-refractivity contribution < 1.29 is 28.8 Å². The zero-order chi connectivity index (χ0) is 22.4. The van der Waals surface area contributed by atoms with E-state index in [4.69, 9.17) is 0 Å². The van der Waals surface area contributed by atoms with Crippen LogP contribution in [-0.2, 0) is 19.2 Å². The molecule has 2 fully saturated rings. The van der Waals surface area contributed by atoms with Gasteiger partial charge in [-0.2, -0.15) is 0 Å². The zero-order valence-electron chi connectivity index (χ0n) is 17.5. The highest BCUT2D eigenvalue weighted by atomic mass is 16.2. The topological polar surface area (TPSA) is 151 Å². The second kappa shape index (κ2) is 9.82. The first kappa shape index (κ1) is 23.5. The minimum Gasteiger partial charge on any atom is -0.277 e. The molecule has 0 aromatic carbocycles. The summed E-state index contributed by atoms with van der Waals surface area (Å²) < 4.78 is 0. The molecule has 0 aromatic heterocycles. The third-order valence-electron chi connectivity index (χ3n) is 6.02. The Bertz CT molecular complexity index is 646. The first-order valence-corrected chi connectivity index (χ1v) is 10.6. The maximum Gasteiger partial charge on any atom is 0.328 e. The standard InChI is InChI=1S/C20H30N4O6/c1-3-5-9-19(13(25)21-17(29)22-14(19)26)11-7-8-12-20(10-6-4-2)15(27)23-18(30)24-16(20)28/h3-12H2,1-2H3,(H2,21,22,25,26,29)(H2,23,24,27,28,30). The van der Waals surface area contributed by atoms with Crippen molar-refractivity contribution in [2.45, 2.75) is 78.1 Å². The first-order valence-electron chi connectivity index (χ1n) is 10.6. The van der Waals surface area contributed by atoms with Crippen molar-refractivity contribution >= 4 is 35.7 Å². The van der Waals surface area contributed by atoms with Crippen LogP contribution in [0.1, 0.15) is 78.1 Å². The normalized spacial score (nSPS) is 20.3. The molecule has 0 aromatic rings. The molecule has 10 nitrogen and oxygen atoms in total. The highest BCUT2D eigenvalue weighted by molar-refractivity contribution is 6.19. The van der Waals surface area contributed by atoms with E-state index in [1.54, 1.807) is 0 Å². The molecule has 166 valence electrons. The molecule has 0 unspecified atom stereocenters. The van der Waals surface area contributed by atoms with Gasteiger partial charge in [0.15, 0.2) is 0 Å². The van der Waals surface area contributed by atoms with Gasteiger partial charge in [-0.05, 0) is 25.7 Å². The molecule has 0 atom stereocenters. The van der Waals surface area contributed by atoms with E-state index in [2.05, 4.69) is 21.3 Å². The van der Waals surface area contributed by atoms with Gasteiger partial charge in [0.2, 0.25) is 23.6 Å². The van der Waals surface area contributed by atoms with Gasteiger partial charge in [0.1, 0.15) is 10.8 Å². The fourth-order valence-electron chi connectivity index (χ4n) is 4.13. The largest absolute Gasteiger partial charge is 0.328 e. The summed E-state index contributed by atoms with van der Waals surface area (Å²) in [6.45, 7) is 3.88. The molecule has 0 spiro atoms. The molecule has 0 bridgehead atoms. The molecular formula is C20H30N4O6. The van der Waals surface area contributed by atoms with Crippen LogP contribution in [0.3, 0.4) is 0 Å². The van der Waals surface area contributed by atoms with E-state index >= 15 is 0 Å². The molecule has 30 heavy (non-hydrogen) atoms. The average molecular weight is 422 g/mol. The number of unbranched alkanes of at least 4 members (excludes halogenated alkanes) is 3.